The number of rotatable bonds is 3. The first kappa shape index (κ1) is 14.8. The number of benzene rings is 2. The average Bonchev–Trinajstić information content (AvgIpc) is 2.38. The minimum Gasteiger partial charge on any atom is -0.406 e. The van der Waals surface area contributed by atoms with Gasteiger partial charge in [0.15, 0.2) is 0 Å². The number of hydrogen-bond donors (Lipinski definition) is 0. The summed E-state index contributed by atoms with van der Waals surface area (Å²) in [5, 5.41) is 0.445. The van der Waals surface area contributed by atoms with E-state index in [-0.39, 0.29) is 11.6 Å². The Bertz CT molecular complexity index is 593. The molecule has 0 atom stereocenters. The van der Waals surface area contributed by atoms with Gasteiger partial charge in [-0.05, 0) is 41.0 Å². The number of halogens is 5. The molecule has 0 unspecified atom stereocenters. The van der Waals surface area contributed by atoms with Gasteiger partial charge in [-0.2, -0.15) is 0 Å². The van der Waals surface area contributed by atoms with Crippen LogP contribution in [-0.2, 0) is 5.33 Å². The first-order valence-electron chi connectivity index (χ1n) is 5.59. The third-order valence-corrected chi connectivity index (χ3v) is 3.21. The van der Waals surface area contributed by atoms with Crippen LogP contribution in [0.15, 0.2) is 42.5 Å². The van der Waals surface area contributed by atoms with Crippen LogP contribution in [0.1, 0.15) is 5.56 Å². The molecule has 0 saturated heterocycles. The van der Waals surface area contributed by atoms with Gasteiger partial charge < -0.3 is 4.74 Å². The fourth-order valence-electron chi connectivity index (χ4n) is 1.79. The molecule has 2 rings (SSSR count). The van der Waals surface area contributed by atoms with Gasteiger partial charge in [0.25, 0.3) is 0 Å². The van der Waals surface area contributed by atoms with Crippen LogP contribution in [0.5, 0.6) is 5.75 Å². The molecule has 0 heterocycles. The molecule has 0 aliphatic heterocycles. The van der Waals surface area contributed by atoms with E-state index in [0.717, 1.165) is 11.1 Å². The lowest BCUT2D eigenvalue weighted by Gasteiger charge is -2.11. The van der Waals surface area contributed by atoms with Crippen LogP contribution in [0.25, 0.3) is 11.1 Å². The van der Waals surface area contributed by atoms with Gasteiger partial charge in [-0.15, -0.1) is 13.2 Å². The van der Waals surface area contributed by atoms with Crippen molar-refractivity contribution >= 4 is 15.9 Å². The second-order valence-electron chi connectivity index (χ2n) is 4.01. The van der Waals surface area contributed by atoms with E-state index in [1.54, 1.807) is 6.07 Å². The molecular weight excluding hydrogens is 340 g/mol. The maximum absolute atomic E-state index is 13.1. The SMILES string of the molecule is Fc1ccc(-c2ccc(OC(F)(F)F)cc2)c(CBr)c1. The number of ether oxygens (including phenoxy) is 1. The Labute approximate surface area is 121 Å². The summed E-state index contributed by atoms with van der Waals surface area (Å²) in [6.07, 6.45) is -4.71. The van der Waals surface area contributed by atoms with E-state index >= 15 is 0 Å². The zero-order valence-electron chi connectivity index (χ0n) is 10.0. The summed E-state index contributed by atoms with van der Waals surface area (Å²) >= 11 is 3.25. The number of alkyl halides is 4. The molecule has 0 aliphatic rings. The lowest BCUT2D eigenvalue weighted by Crippen LogP contribution is -2.16. The summed E-state index contributed by atoms with van der Waals surface area (Å²) < 4.78 is 53.1. The molecule has 6 heteroatoms. The van der Waals surface area contributed by atoms with Crippen LogP contribution in [0.2, 0.25) is 0 Å². The lowest BCUT2D eigenvalue weighted by molar-refractivity contribution is -0.274. The summed E-state index contributed by atoms with van der Waals surface area (Å²) in [5.74, 6) is -0.649. The Hall–Kier alpha value is -1.56. The molecule has 0 spiro atoms. The first-order valence-corrected chi connectivity index (χ1v) is 6.72. The van der Waals surface area contributed by atoms with Crippen LogP contribution in [-0.4, -0.2) is 6.36 Å². The second-order valence-corrected chi connectivity index (χ2v) is 4.57. The molecule has 0 radical (unpaired) electrons. The Morgan fingerprint density at radius 3 is 2.20 bits per heavy atom. The van der Waals surface area contributed by atoms with Crippen molar-refractivity contribution in [1.82, 2.24) is 0 Å². The van der Waals surface area contributed by atoms with Gasteiger partial charge >= 0.3 is 6.36 Å². The zero-order valence-corrected chi connectivity index (χ0v) is 11.6. The second kappa shape index (κ2) is 5.83. The van der Waals surface area contributed by atoms with E-state index in [2.05, 4.69) is 20.7 Å². The van der Waals surface area contributed by atoms with Crippen molar-refractivity contribution in [1.29, 1.82) is 0 Å². The van der Waals surface area contributed by atoms with Crippen LogP contribution in [0.3, 0.4) is 0 Å². The molecule has 0 fully saturated rings. The van der Waals surface area contributed by atoms with E-state index in [9.17, 15) is 17.6 Å². The van der Waals surface area contributed by atoms with Crippen LogP contribution in [0, 0.1) is 5.82 Å². The maximum Gasteiger partial charge on any atom is 0.573 e. The van der Waals surface area contributed by atoms with Crippen molar-refractivity contribution in [2.24, 2.45) is 0 Å². The van der Waals surface area contributed by atoms with Crippen molar-refractivity contribution in [3.63, 3.8) is 0 Å². The normalized spacial score (nSPS) is 11.4. The molecule has 0 amide bonds. The van der Waals surface area contributed by atoms with E-state index in [1.807, 2.05) is 0 Å². The third kappa shape index (κ3) is 3.72. The predicted molar refractivity (Wildman–Crippen MR) is 71.2 cm³/mol. The zero-order chi connectivity index (χ0) is 14.8. The lowest BCUT2D eigenvalue weighted by atomic mass is 10.0. The Balaban J connectivity index is 2.30. The average molecular weight is 349 g/mol. The highest BCUT2D eigenvalue weighted by atomic mass is 79.9. The summed E-state index contributed by atoms with van der Waals surface area (Å²) in [7, 11) is 0. The predicted octanol–water partition coefficient (Wildman–Crippen LogP) is 5.29. The molecule has 20 heavy (non-hydrogen) atoms. The molecule has 0 aromatic heterocycles. The Morgan fingerprint density at radius 2 is 1.65 bits per heavy atom. The molecule has 1 nitrogen and oxygen atoms in total. The Morgan fingerprint density at radius 1 is 1.00 bits per heavy atom. The minimum absolute atomic E-state index is 0.288. The highest BCUT2D eigenvalue weighted by Crippen LogP contribution is 2.29. The summed E-state index contributed by atoms with van der Waals surface area (Å²) in [4.78, 5) is 0. The smallest absolute Gasteiger partial charge is 0.406 e. The summed E-state index contributed by atoms with van der Waals surface area (Å²) in [5.41, 5.74) is 2.16. The largest absolute Gasteiger partial charge is 0.573 e. The van der Waals surface area contributed by atoms with Crippen LogP contribution in [0.4, 0.5) is 17.6 Å². The van der Waals surface area contributed by atoms with Gasteiger partial charge in [0, 0.05) is 5.33 Å². The molecule has 0 N–H and O–H groups in total. The fourth-order valence-corrected chi connectivity index (χ4v) is 2.25. The molecule has 2 aromatic carbocycles. The molecule has 0 saturated carbocycles. The monoisotopic (exact) mass is 348 g/mol. The van der Waals surface area contributed by atoms with E-state index in [4.69, 9.17) is 0 Å². The topological polar surface area (TPSA) is 9.23 Å². The van der Waals surface area contributed by atoms with Gasteiger partial charge in [-0.1, -0.05) is 34.1 Å². The van der Waals surface area contributed by atoms with Crippen molar-refractivity contribution in [3.8, 4) is 16.9 Å². The summed E-state index contributed by atoms with van der Waals surface area (Å²) in [6.45, 7) is 0. The molecule has 0 bridgehead atoms. The summed E-state index contributed by atoms with van der Waals surface area (Å²) in [6, 6.07) is 9.73. The third-order valence-electron chi connectivity index (χ3n) is 2.61. The van der Waals surface area contributed by atoms with Crippen molar-refractivity contribution in [2.75, 3.05) is 0 Å². The van der Waals surface area contributed by atoms with Gasteiger partial charge in [0.1, 0.15) is 11.6 Å². The fraction of sp³-hybridized carbons (Fsp3) is 0.143. The van der Waals surface area contributed by atoms with E-state index in [0.29, 0.717) is 10.9 Å². The Kier molecular flexibility index (Phi) is 4.32. The molecule has 106 valence electrons. The highest BCUT2D eigenvalue weighted by Gasteiger charge is 2.30. The quantitative estimate of drug-likeness (QED) is 0.541. The van der Waals surface area contributed by atoms with Gasteiger partial charge in [-0.3, -0.25) is 0 Å². The van der Waals surface area contributed by atoms with Crippen LogP contribution >= 0.6 is 15.9 Å². The highest BCUT2D eigenvalue weighted by molar-refractivity contribution is 9.08. The molecule has 2 aromatic rings. The van der Waals surface area contributed by atoms with Crippen molar-refractivity contribution < 1.29 is 22.3 Å². The van der Waals surface area contributed by atoms with E-state index in [1.165, 1.54) is 36.4 Å². The van der Waals surface area contributed by atoms with Crippen molar-refractivity contribution in [3.05, 3.63) is 53.8 Å². The first-order chi connectivity index (χ1) is 9.39. The van der Waals surface area contributed by atoms with Gasteiger partial charge in [0.2, 0.25) is 0 Å². The minimum atomic E-state index is -4.71. The van der Waals surface area contributed by atoms with Gasteiger partial charge in [0.05, 0.1) is 0 Å². The number of hydrogen-bond acceptors (Lipinski definition) is 1. The van der Waals surface area contributed by atoms with Gasteiger partial charge in [-0.25, -0.2) is 4.39 Å². The molecular formula is C14H9BrF4O. The molecule has 0 aliphatic carbocycles. The standard InChI is InChI=1S/C14H9BrF4O/c15-8-10-7-11(16)3-6-13(10)9-1-4-12(5-2-9)20-14(17,18)19/h1-7H,8H2. The van der Waals surface area contributed by atoms with Crippen LogP contribution < -0.4 is 4.74 Å². The maximum atomic E-state index is 13.1. The van der Waals surface area contributed by atoms with Crippen molar-refractivity contribution in [2.45, 2.75) is 11.7 Å². The van der Waals surface area contributed by atoms with E-state index < -0.39 is 6.36 Å².